The minimum Gasteiger partial charge on any atom is -0.490 e. The summed E-state index contributed by atoms with van der Waals surface area (Å²) < 4.78 is 5.01. The average Bonchev–Trinajstić information content (AvgIpc) is 2.67. The molecule has 0 saturated heterocycles. The Bertz CT molecular complexity index is 872. The number of thioether (sulfide) groups is 1. The molecular weight excluding hydrogens is 366 g/mol. The number of amides is 1. The monoisotopic (exact) mass is 387 g/mol. The van der Waals surface area contributed by atoms with E-state index >= 15 is 0 Å². The maximum atomic E-state index is 12.7. The second kappa shape index (κ2) is 8.30. The fraction of sp³-hybridized carbons (Fsp3) is 0.316. The predicted octanol–water partition coefficient (Wildman–Crippen LogP) is 3.40. The number of benzene rings is 2. The number of hydrogen-bond donors (Lipinski definition) is 1. The van der Waals surface area contributed by atoms with Crippen LogP contribution in [0.4, 0.5) is 17.1 Å². The molecule has 0 spiro atoms. The van der Waals surface area contributed by atoms with Crippen molar-refractivity contribution in [1.29, 1.82) is 0 Å². The number of ether oxygens (including phenoxy) is 1. The normalized spacial score (nSPS) is 13.1. The molecule has 0 aromatic heterocycles. The molecule has 2 aromatic carbocycles. The molecule has 0 atom stereocenters. The number of nitrogens with two attached hydrogens (primary N) is 1. The zero-order valence-corrected chi connectivity index (χ0v) is 15.8. The van der Waals surface area contributed by atoms with E-state index in [-0.39, 0.29) is 17.3 Å². The van der Waals surface area contributed by atoms with Gasteiger partial charge in [-0.15, -0.1) is 11.8 Å². The molecule has 7 nitrogen and oxygen atoms in total. The first-order valence-corrected chi connectivity index (χ1v) is 9.73. The largest absolute Gasteiger partial charge is 0.490 e. The van der Waals surface area contributed by atoms with Gasteiger partial charge in [0.1, 0.15) is 0 Å². The minimum atomic E-state index is -0.465. The lowest BCUT2D eigenvalue weighted by Gasteiger charge is -2.30. The molecule has 2 aromatic rings. The first kappa shape index (κ1) is 19.0. The van der Waals surface area contributed by atoms with Crippen molar-refractivity contribution < 1.29 is 14.5 Å². The van der Waals surface area contributed by atoms with Crippen LogP contribution in [0.25, 0.3) is 0 Å². The number of carbonyl (C=O) groups is 1. The lowest BCUT2D eigenvalue weighted by atomic mass is 10.00. The smallest absolute Gasteiger partial charge is 0.311 e. The van der Waals surface area contributed by atoms with E-state index in [1.54, 1.807) is 17.0 Å². The maximum Gasteiger partial charge on any atom is 0.311 e. The lowest BCUT2D eigenvalue weighted by Crippen LogP contribution is -2.37. The molecule has 1 amide bonds. The highest BCUT2D eigenvalue weighted by Crippen LogP contribution is 2.32. The molecule has 0 saturated carbocycles. The first-order valence-electron chi connectivity index (χ1n) is 8.58. The van der Waals surface area contributed by atoms with E-state index in [1.807, 2.05) is 18.2 Å². The third-order valence-electron chi connectivity index (χ3n) is 4.52. The van der Waals surface area contributed by atoms with Gasteiger partial charge >= 0.3 is 5.69 Å². The van der Waals surface area contributed by atoms with Gasteiger partial charge in [0.15, 0.2) is 5.75 Å². The van der Waals surface area contributed by atoms with E-state index in [1.165, 1.54) is 24.9 Å². The first-order chi connectivity index (χ1) is 13.0. The maximum absolute atomic E-state index is 12.7. The van der Waals surface area contributed by atoms with Crippen molar-refractivity contribution in [2.45, 2.75) is 18.6 Å². The molecule has 0 radical (unpaired) electrons. The van der Waals surface area contributed by atoms with Crippen LogP contribution in [0, 0.1) is 10.1 Å². The van der Waals surface area contributed by atoms with Gasteiger partial charge in [0.2, 0.25) is 5.91 Å². The summed E-state index contributed by atoms with van der Waals surface area (Å²) in [5.74, 6) is 1.06. The van der Waals surface area contributed by atoms with Crippen LogP contribution in [0.2, 0.25) is 0 Å². The summed E-state index contributed by atoms with van der Waals surface area (Å²) in [4.78, 5) is 25.1. The third-order valence-corrected chi connectivity index (χ3v) is 5.51. The molecule has 8 heteroatoms. The quantitative estimate of drug-likeness (QED) is 0.463. The average molecular weight is 387 g/mol. The summed E-state index contributed by atoms with van der Waals surface area (Å²) >= 11 is 1.43. The summed E-state index contributed by atoms with van der Waals surface area (Å²) in [5, 5.41) is 11.1. The number of fused-ring (bicyclic) bond motifs is 1. The summed E-state index contributed by atoms with van der Waals surface area (Å²) in [6.07, 6.45) is 1.77. The Kier molecular flexibility index (Phi) is 5.85. The number of hydrogen-bond acceptors (Lipinski definition) is 6. The van der Waals surface area contributed by atoms with Gasteiger partial charge in [-0.3, -0.25) is 14.9 Å². The highest BCUT2D eigenvalue weighted by atomic mass is 32.2. The Morgan fingerprint density at radius 2 is 2.19 bits per heavy atom. The molecule has 0 unspecified atom stereocenters. The standard InChI is InChI=1S/C19H21N3O4S/c1-26-18-8-7-13(10-17(18)22(24)25)11-27-12-19(23)21-9-3-4-14-15(20)5-2-6-16(14)21/h2,5-8,10H,3-4,9,11-12,20H2,1H3. The number of carbonyl (C=O) groups excluding carboxylic acids is 1. The number of methoxy groups -OCH3 is 1. The summed E-state index contributed by atoms with van der Waals surface area (Å²) in [6.45, 7) is 0.684. The van der Waals surface area contributed by atoms with Crippen LogP contribution in [-0.4, -0.2) is 30.2 Å². The molecular formula is C19H21N3O4S. The van der Waals surface area contributed by atoms with E-state index in [4.69, 9.17) is 10.5 Å². The van der Waals surface area contributed by atoms with Gasteiger partial charge in [-0.05, 0) is 42.2 Å². The molecule has 2 N–H and O–H groups in total. The van der Waals surface area contributed by atoms with Crippen molar-refractivity contribution in [3.05, 3.63) is 57.6 Å². The van der Waals surface area contributed by atoms with Crippen molar-refractivity contribution in [2.75, 3.05) is 30.0 Å². The highest BCUT2D eigenvalue weighted by molar-refractivity contribution is 7.99. The second-order valence-electron chi connectivity index (χ2n) is 6.25. The van der Waals surface area contributed by atoms with Gasteiger partial charge in [0.05, 0.1) is 17.8 Å². The molecule has 0 bridgehead atoms. The molecule has 0 aliphatic carbocycles. The van der Waals surface area contributed by atoms with Crippen LogP contribution in [0.15, 0.2) is 36.4 Å². The number of rotatable bonds is 6. The zero-order chi connectivity index (χ0) is 19.4. The minimum absolute atomic E-state index is 0.0227. The van der Waals surface area contributed by atoms with Gasteiger partial charge in [0, 0.05) is 29.7 Å². The van der Waals surface area contributed by atoms with E-state index in [0.717, 1.165) is 35.3 Å². The molecule has 1 heterocycles. The van der Waals surface area contributed by atoms with E-state index in [0.29, 0.717) is 18.1 Å². The predicted molar refractivity (Wildman–Crippen MR) is 107 cm³/mol. The summed E-state index contributed by atoms with van der Waals surface area (Å²) in [6, 6.07) is 10.5. The van der Waals surface area contributed by atoms with Crippen LogP contribution in [0.3, 0.4) is 0 Å². The summed E-state index contributed by atoms with van der Waals surface area (Å²) in [7, 11) is 1.40. The molecule has 1 aliphatic heterocycles. The van der Waals surface area contributed by atoms with Crippen LogP contribution >= 0.6 is 11.8 Å². The van der Waals surface area contributed by atoms with Gasteiger partial charge in [-0.25, -0.2) is 0 Å². The number of nitrogens with zero attached hydrogens (tertiary/aromatic N) is 2. The number of nitro groups is 1. The fourth-order valence-corrected chi connectivity index (χ4v) is 4.06. The SMILES string of the molecule is COc1ccc(CSCC(=O)N2CCCc3c(N)cccc32)cc1[N+](=O)[O-]. The topological polar surface area (TPSA) is 98.7 Å². The lowest BCUT2D eigenvalue weighted by molar-refractivity contribution is -0.385. The third kappa shape index (κ3) is 4.16. The molecule has 142 valence electrons. The fourth-order valence-electron chi connectivity index (χ4n) is 3.21. The number of nitro benzene ring substituents is 1. The van der Waals surface area contributed by atoms with Gasteiger partial charge in [0.25, 0.3) is 0 Å². The number of nitrogen functional groups attached to an aromatic ring is 1. The second-order valence-corrected chi connectivity index (χ2v) is 7.24. The van der Waals surface area contributed by atoms with Crippen LogP contribution in [0.5, 0.6) is 5.75 Å². The Balaban J connectivity index is 1.64. The summed E-state index contributed by atoms with van der Waals surface area (Å²) in [5.41, 5.74) is 9.40. The van der Waals surface area contributed by atoms with Crippen molar-refractivity contribution >= 4 is 34.7 Å². The van der Waals surface area contributed by atoms with Crippen LogP contribution in [-0.2, 0) is 17.0 Å². The Hall–Kier alpha value is -2.74. The van der Waals surface area contributed by atoms with Crippen molar-refractivity contribution in [3.8, 4) is 5.75 Å². The van der Waals surface area contributed by atoms with Crippen LogP contribution in [0.1, 0.15) is 17.5 Å². The Morgan fingerprint density at radius 1 is 1.37 bits per heavy atom. The van der Waals surface area contributed by atoms with Crippen LogP contribution < -0.4 is 15.4 Å². The Labute approximate surface area is 161 Å². The van der Waals surface area contributed by atoms with E-state index < -0.39 is 4.92 Å². The molecule has 27 heavy (non-hydrogen) atoms. The van der Waals surface area contributed by atoms with Gasteiger partial charge in [-0.2, -0.15) is 0 Å². The molecule has 1 aliphatic rings. The molecule has 3 rings (SSSR count). The Morgan fingerprint density at radius 3 is 2.93 bits per heavy atom. The van der Waals surface area contributed by atoms with Crippen molar-refractivity contribution in [3.63, 3.8) is 0 Å². The molecule has 0 fully saturated rings. The van der Waals surface area contributed by atoms with Crippen molar-refractivity contribution in [2.24, 2.45) is 0 Å². The van der Waals surface area contributed by atoms with Crippen molar-refractivity contribution in [1.82, 2.24) is 0 Å². The van der Waals surface area contributed by atoms with Gasteiger partial charge in [-0.1, -0.05) is 12.1 Å². The highest BCUT2D eigenvalue weighted by Gasteiger charge is 2.23. The van der Waals surface area contributed by atoms with Gasteiger partial charge < -0.3 is 15.4 Å². The van der Waals surface area contributed by atoms with E-state index in [9.17, 15) is 14.9 Å². The number of anilines is 2. The zero-order valence-electron chi connectivity index (χ0n) is 15.0. The van der Waals surface area contributed by atoms with E-state index in [2.05, 4.69) is 0 Å².